The highest BCUT2D eigenvalue weighted by Gasteiger charge is 2.39. The number of aromatic amines is 2. The average molecular weight is 774 g/mol. The standard InChI is InChI=1S/C42H47N9O6/c1-25(2)36(49-42(55)56-3)40(53)51-21-5-7-34(51)38-46-24-32(48-38)30-14-10-28(11-15-30)27-8-12-29(13-9-27)31-23-45-37(47-31)33-6-4-20-50(33)39(52)35(57-41(43)54)22-26-16-18-44-19-17-26/h8-19,23-25,33-36H,4-7,20-22H2,1-3H3,(H2,43,54)(H,45,47)(H,46,48)(H,49,55)/t33-,34-,35-,36-/m0/s1. The first-order valence-electron chi connectivity index (χ1n) is 19.2. The number of carbonyl (C=O) groups is 4. The molecule has 0 saturated carbocycles. The van der Waals surface area contributed by atoms with Gasteiger partial charge in [0, 0.05) is 31.9 Å². The van der Waals surface area contributed by atoms with Gasteiger partial charge in [0.2, 0.25) is 5.91 Å². The number of amides is 4. The molecule has 5 aromatic rings. The number of pyridine rings is 1. The largest absolute Gasteiger partial charge is 0.453 e. The molecule has 7 rings (SSSR count). The van der Waals surface area contributed by atoms with Crippen LogP contribution in [0.5, 0.6) is 0 Å². The third-order valence-electron chi connectivity index (χ3n) is 10.7. The van der Waals surface area contributed by atoms with Crippen LogP contribution in [0.1, 0.15) is 68.8 Å². The van der Waals surface area contributed by atoms with E-state index in [-0.39, 0.29) is 36.2 Å². The fraction of sp³-hybridized carbons (Fsp3) is 0.357. The van der Waals surface area contributed by atoms with E-state index in [1.807, 2.05) is 38.1 Å². The maximum absolute atomic E-state index is 13.7. The summed E-state index contributed by atoms with van der Waals surface area (Å²) in [5, 5.41) is 2.69. The number of nitrogens with two attached hydrogens (primary N) is 1. The molecule has 2 saturated heterocycles. The van der Waals surface area contributed by atoms with Crippen molar-refractivity contribution < 1.29 is 28.7 Å². The van der Waals surface area contributed by atoms with Crippen molar-refractivity contribution in [2.24, 2.45) is 11.7 Å². The highest BCUT2D eigenvalue weighted by Crippen LogP contribution is 2.35. The molecular weight excluding hydrogens is 727 g/mol. The number of hydrogen-bond acceptors (Lipinski definition) is 9. The van der Waals surface area contributed by atoms with Crippen LogP contribution in [0.25, 0.3) is 33.6 Å². The summed E-state index contributed by atoms with van der Waals surface area (Å²) in [6.07, 6.45) is 7.45. The third kappa shape index (κ3) is 8.67. The number of methoxy groups -OCH3 is 1. The quantitative estimate of drug-likeness (QED) is 0.118. The van der Waals surface area contributed by atoms with E-state index in [0.717, 1.165) is 64.9 Å². The van der Waals surface area contributed by atoms with Crippen LogP contribution in [0, 0.1) is 5.92 Å². The van der Waals surface area contributed by atoms with Gasteiger partial charge in [-0.25, -0.2) is 19.6 Å². The van der Waals surface area contributed by atoms with Crippen LogP contribution in [0.15, 0.2) is 85.5 Å². The Morgan fingerprint density at radius 2 is 1.26 bits per heavy atom. The van der Waals surface area contributed by atoms with Gasteiger partial charge in [0.25, 0.3) is 5.91 Å². The number of ether oxygens (including phenoxy) is 2. The van der Waals surface area contributed by atoms with Crippen molar-refractivity contribution in [1.29, 1.82) is 0 Å². The van der Waals surface area contributed by atoms with Crippen LogP contribution >= 0.6 is 0 Å². The molecule has 4 atom stereocenters. The summed E-state index contributed by atoms with van der Waals surface area (Å²) in [7, 11) is 1.29. The number of primary amides is 1. The topological polar surface area (TPSA) is 202 Å². The lowest BCUT2D eigenvalue weighted by molar-refractivity contribution is -0.141. The second kappa shape index (κ2) is 17.1. The van der Waals surface area contributed by atoms with Gasteiger partial charge in [0.1, 0.15) is 17.7 Å². The lowest BCUT2D eigenvalue weighted by Gasteiger charge is -2.30. The minimum atomic E-state index is -1.06. The third-order valence-corrected chi connectivity index (χ3v) is 10.7. The lowest BCUT2D eigenvalue weighted by Crippen LogP contribution is -2.51. The first kappa shape index (κ1) is 38.8. The number of aromatic nitrogens is 5. The summed E-state index contributed by atoms with van der Waals surface area (Å²) in [4.78, 5) is 74.6. The Morgan fingerprint density at radius 3 is 1.74 bits per heavy atom. The van der Waals surface area contributed by atoms with Gasteiger partial charge in [0.05, 0.1) is 43.0 Å². The van der Waals surface area contributed by atoms with Gasteiger partial charge in [-0.15, -0.1) is 0 Å². The number of benzene rings is 2. The number of rotatable bonds is 12. The molecule has 0 spiro atoms. The van der Waals surface area contributed by atoms with Gasteiger partial charge in [0.15, 0.2) is 6.10 Å². The zero-order chi connectivity index (χ0) is 40.1. The van der Waals surface area contributed by atoms with Gasteiger partial charge in [-0.1, -0.05) is 62.4 Å². The molecule has 296 valence electrons. The minimum Gasteiger partial charge on any atom is -0.453 e. The second-order valence-electron chi connectivity index (χ2n) is 14.7. The fourth-order valence-electron chi connectivity index (χ4n) is 7.73. The Bertz CT molecular complexity index is 2180. The molecule has 57 heavy (non-hydrogen) atoms. The van der Waals surface area contributed by atoms with Crippen molar-refractivity contribution in [2.45, 2.75) is 70.2 Å². The predicted octanol–water partition coefficient (Wildman–Crippen LogP) is 5.94. The van der Waals surface area contributed by atoms with Crippen molar-refractivity contribution in [3.8, 4) is 33.6 Å². The monoisotopic (exact) mass is 773 g/mol. The molecule has 15 nitrogen and oxygen atoms in total. The summed E-state index contributed by atoms with van der Waals surface area (Å²) >= 11 is 0. The summed E-state index contributed by atoms with van der Waals surface area (Å²) in [6.45, 7) is 4.89. The lowest BCUT2D eigenvalue weighted by atomic mass is 10.0. The summed E-state index contributed by atoms with van der Waals surface area (Å²) in [5.41, 5.74) is 11.8. The maximum atomic E-state index is 13.7. The van der Waals surface area contributed by atoms with Crippen LogP contribution in [-0.2, 0) is 25.5 Å². The summed E-state index contributed by atoms with van der Waals surface area (Å²) < 4.78 is 10.0. The Hall–Kier alpha value is -6.51. The number of alkyl carbamates (subject to hydrolysis) is 1. The number of nitrogens with zero attached hydrogens (tertiary/aromatic N) is 5. The van der Waals surface area contributed by atoms with E-state index in [0.29, 0.717) is 24.7 Å². The number of nitrogens with one attached hydrogen (secondary N) is 3. The van der Waals surface area contributed by atoms with E-state index in [9.17, 15) is 19.2 Å². The molecule has 3 aromatic heterocycles. The number of hydrogen-bond donors (Lipinski definition) is 4. The SMILES string of the molecule is COC(=O)N[C@H](C(=O)N1CCC[C@H]1c1ncc(-c2ccc(-c3ccc(-c4cnc([C@@H]5CCCN5C(=O)[C@H](Cc5ccncc5)OC(N)=O)[nH]4)cc3)cc2)[nH]1)C(C)C. The van der Waals surface area contributed by atoms with Crippen molar-refractivity contribution in [2.75, 3.05) is 20.2 Å². The highest BCUT2D eigenvalue weighted by molar-refractivity contribution is 5.86. The Balaban J connectivity index is 0.998. The molecule has 15 heteroatoms. The van der Waals surface area contributed by atoms with Gasteiger partial charge >= 0.3 is 12.2 Å². The predicted molar refractivity (Wildman–Crippen MR) is 211 cm³/mol. The van der Waals surface area contributed by atoms with Crippen LogP contribution in [0.2, 0.25) is 0 Å². The number of imidazole rings is 2. The van der Waals surface area contributed by atoms with E-state index in [2.05, 4.69) is 54.5 Å². The summed E-state index contributed by atoms with van der Waals surface area (Å²) in [6, 6.07) is 18.7. The van der Waals surface area contributed by atoms with Crippen molar-refractivity contribution >= 4 is 24.0 Å². The van der Waals surface area contributed by atoms with Gasteiger partial charge in [-0.2, -0.15) is 0 Å². The van der Waals surface area contributed by atoms with E-state index >= 15 is 0 Å². The normalized spacial score (nSPS) is 17.7. The van der Waals surface area contributed by atoms with E-state index in [1.165, 1.54) is 7.11 Å². The average Bonchev–Trinajstić information content (AvgIpc) is 4.06. The Morgan fingerprint density at radius 1 is 0.772 bits per heavy atom. The molecule has 0 aliphatic carbocycles. The van der Waals surface area contributed by atoms with Gasteiger partial charge in [-0.3, -0.25) is 14.6 Å². The number of carbonyl (C=O) groups excluding carboxylic acids is 4. The van der Waals surface area contributed by atoms with Crippen LogP contribution < -0.4 is 11.1 Å². The van der Waals surface area contributed by atoms with E-state index in [4.69, 9.17) is 15.2 Å². The Labute approximate surface area is 330 Å². The van der Waals surface area contributed by atoms with E-state index < -0.39 is 24.3 Å². The first-order valence-corrected chi connectivity index (χ1v) is 19.2. The van der Waals surface area contributed by atoms with Crippen LogP contribution in [-0.4, -0.2) is 91.1 Å². The van der Waals surface area contributed by atoms with Crippen molar-refractivity contribution in [3.63, 3.8) is 0 Å². The maximum Gasteiger partial charge on any atom is 0.407 e. The molecule has 5 heterocycles. The molecule has 2 aliphatic rings. The van der Waals surface area contributed by atoms with Crippen LogP contribution in [0.3, 0.4) is 0 Å². The van der Waals surface area contributed by atoms with Crippen molar-refractivity contribution in [1.82, 2.24) is 40.0 Å². The second-order valence-corrected chi connectivity index (χ2v) is 14.7. The molecule has 4 amide bonds. The zero-order valence-electron chi connectivity index (χ0n) is 32.2. The van der Waals surface area contributed by atoms with Crippen molar-refractivity contribution in [3.05, 3.63) is 103 Å². The molecule has 0 bridgehead atoms. The highest BCUT2D eigenvalue weighted by atomic mass is 16.6. The zero-order valence-corrected chi connectivity index (χ0v) is 32.2. The molecule has 0 radical (unpaired) electrons. The van der Waals surface area contributed by atoms with E-state index in [1.54, 1.807) is 46.7 Å². The molecular formula is C42H47N9O6. The molecule has 2 fully saturated rings. The van der Waals surface area contributed by atoms with Gasteiger partial charge in [-0.05, 0) is 71.6 Å². The fourth-order valence-corrected chi connectivity index (χ4v) is 7.73. The van der Waals surface area contributed by atoms with Gasteiger partial charge < -0.3 is 40.3 Å². The molecule has 2 aromatic carbocycles. The van der Waals surface area contributed by atoms with Crippen LogP contribution in [0.4, 0.5) is 9.59 Å². The first-order chi connectivity index (χ1) is 27.6. The smallest absolute Gasteiger partial charge is 0.407 e. The molecule has 5 N–H and O–H groups in total. The number of H-pyrrole nitrogens is 2. The minimum absolute atomic E-state index is 0.110. The number of likely N-dealkylation sites (tertiary alicyclic amines) is 2. The Kier molecular flexibility index (Phi) is 11.6. The molecule has 2 aliphatic heterocycles. The molecule has 0 unspecified atom stereocenters. The summed E-state index contributed by atoms with van der Waals surface area (Å²) in [5.74, 6) is 0.815.